The van der Waals surface area contributed by atoms with E-state index in [1.807, 2.05) is 31.2 Å². The molecule has 0 radical (unpaired) electrons. The van der Waals surface area contributed by atoms with Gasteiger partial charge in [0.1, 0.15) is 11.5 Å². The van der Waals surface area contributed by atoms with Crippen molar-refractivity contribution in [2.45, 2.75) is 83.9 Å². The number of esters is 3. The monoisotopic (exact) mass is 642 g/mol. The Morgan fingerprint density at radius 3 is 1.78 bits per heavy atom. The van der Waals surface area contributed by atoms with Crippen LogP contribution >= 0.6 is 0 Å². The SMILES string of the molecule is CCCCCCC(C)OC(=O)c1ccc(-c2ccc(OC(=O)c3ccc(OCCCCCCOC(=O)C(F)(F)F)cc3)cc2)cc1. The molecule has 3 aromatic rings. The van der Waals surface area contributed by atoms with Crippen LogP contribution in [-0.2, 0) is 14.3 Å². The lowest BCUT2D eigenvalue weighted by atomic mass is 10.0. The van der Waals surface area contributed by atoms with Gasteiger partial charge in [-0.2, -0.15) is 13.2 Å². The smallest absolute Gasteiger partial charge is 0.490 e. The summed E-state index contributed by atoms with van der Waals surface area (Å²) >= 11 is 0. The molecule has 0 heterocycles. The molecule has 0 aliphatic heterocycles. The molecule has 248 valence electrons. The molecule has 0 saturated heterocycles. The Kier molecular flexibility index (Phi) is 14.6. The summed E-state index contributed by atoms with van der Waals surface area (Å²) in [4.78, 5) is 35.8. The molecule has 0 amide bonds. The maximum atomic E-state index is 12.6. The van der Waals surface area contributed by atoms with E-state index in [-0.39, 0.29) is 18.7 Å². The molecule has 0 saturated carbocycles. The van der Waals surface area contributed by atoms with E-state index in [9.17, 15) is 27.6 Å². The third-order valence-corrected chi connectivity index (χ3v) is 7.15. The summed E-state index contributed by atoms with van der Waals surface area (Å²) < 4.78 is 57.1. The predicted octanol–water partition coefficient (Wildman–Crippen LogP) is 9.13. The molecule has 0 fully saturated rings. The highest BCUT2D eigenvalue weighted by Crippen LogP contribution is 2.24. The molecule has 1 atom stereocenters. The molecule has 46 heavy (non-hydrogen) atoms. The molecule has 3 aromatic carbocycles. The third-order valence-electron chi connectivity index (χ3n) is 7.15. The van der Waals surface area contributed by atoms with Crippen molar-refractivity contribution in [2.75, 3.05) is 13.2 Å². The number of alkyl halides is 3. The Labute approximate surface area is 268 Å². The summed E-state index contributed by atoms with van der Waals surface area (Å²) in [5.41, 5.74) is 2.65. The zero-order valence-corrected chi connectivity index (χ0v) is 26.3. The van der Waals surface area contributed by atoms with Crippen LogP contribution in [0.1, 0.15) is 92.4 Å². The van der Waals surface area contributed by atoms with Gasteiger partial charge in [-0.1, -0.05) is 50.5 Å². The van der Waals surface area contributed by atoms with Crippen LogP contribution in [0.15, 0.2) is 72.8 Å². The Hall–Kier alpha value is -4.34. The fourth-order valence-electron chi connectivity index (χ4n) is 4.53. The van der Waals surface area contributed by atoms with Crippen molar-refractivity contribution >= 4 is 17.9 Å². The fraction of sp³-hybridized carbons (Fsp3) is 0.417. The van der Waals surface area contributed by atoms with Crippen LogP contribution in [0.3, 0.4) is 0 Å². The molecule has 3 rings (SSSR count). The van der Waals surface area contributed by atoms with Crippen LogP contribution in [0.2, 0.25) is 0 Å². The Morgan fingerprint density at radius 1 is 0.652 bits per heavy atom. The molecular weight excluding hydrogens is 601 g/mol. The number of carbonyl (C=O) groups excluding carboxylic acids is 3. The van der Waals surface area contributed by atoms with E-state index < -0.39 is 18.1 Å². The van der Waals surface area contributed by atoms with Crippen LogP contribution in [0.5, 0.6) is 11.5 Å². The van der Waals surface area contributed by atoms with Crippen molar-refractivity contribution < 1.29 is 46.5 Å². The van der Waals surface area contributed by atoms with Crippen LogP contribution in [0.25, 0.3) is 11.1 Å². The average molecular weight is 643 g/mol. The van der Waals surface area contributed by atoms with Crippen molar-refractivity contribution in [3.8, 4) is 22.6 Å². The van der Waals surface area contributed by atoms with Crippen LogP contribution in [-0.4, -0.2) is 43.4 Å². The zero-order valence-electron chi connectivity index (χ0n) is 26.3. The molecule has 0 aliphatic rings. The van der Waals surface area contributed by atoms with Gasteiger partial charge >= 0.3 is 24.1 Å². The van der Waals surface area contributed by atoms with Crippen LogP contribution < -0.4 is 9.47 Å². The van der Waals surface area contributed by atoms with Gasteiger partial charge in [0.25, 0.3) is 0 Å². The first-order valence-electron chi connectivity index (χ1n) is 15.7. The lowest BCUT2D eigenvalue weighted by Crippen LogP contribution is -2.25. The van der Waals surface area contributed by atoms with E-state index in [1.54, 1.807) is 48.5 Å². The molecule has 10 heteroatoms. The summed E-state index contributed by atoms with van der Waals surface area (Å²) in [7, 11) is 0. The molecule has 0 bridgehead atoms. The van der Waals surface area contributed by atoms with Crippen molar-refractivity contribution in [1.29, 1.82) is 0 Å². The summed E-state index contributed by atoms with van der Waals surface area (Å²) in [6.45, 7) is 4.21. The van der Waals surface area contributed by atoms with E-state index in [2.05, 4.69) is 11.7 Å². The second-order valence-electron chi connectivity index (χ2n) is 11.0. The quantitative estimate of drug-likeness (QED) is 0.0777. The normalized spacial score (nSPS) is 11.8. The van der Waals surface area contributed by atoms with Gasteiger partial charge in [-0.25, -0.2) is 14.4 Å². The number of halogens is 3. The van der Waals surface area contributed by atoms with Crippen molar-refractivity contribution in [1.82, 2.24) is 0 Å². The lowest BCUT2D eigenvalue weighted by molar-refractivity contribution is -0.199. The van der Waals surface area contributed by atoms with Crippen LogP contribution in [0.4, 0.5) is 13.2 Å². The highest BCUT2D eigenvalue weighted by molar-refractivity contribution is 5.91. The molecule has 7 nitrogen and oxygen atoms in total. The second kappa shape index (κ2) is 18.6. The summed E-state index contributed by atoms with van der Waals surface area (Å²) in [5, 5.41) is 0. The molecule has 0 aromatic heterocycles. The molecule has 0 aliphatic carbocycles. The maximum Gasteiger partial charge on any atom is 0.490 e. The van der Waals surface area contributed by atoms with Crippen molar-refractivity contribution in [3.05, 3.63) is 83.9 Å². The number of benzene rings is 3. The third kappa shape index (κ3) is 12.6. The molecule has 0 N–H and O–H groups in total. The van der Waals surface area contributed by atoms with Gasteiger partial charge in [0.2, 0.25) is 0 Å². The Bertz CT molecular complexity index is 1370. The Balaban J connectivity index is 1.38. The van der Waals surface area contributed by atoms with Crippen molar-refractivity contribution in [2.24, 2.45) is 0 Å². The second-order valence-corrected chi connectivity index (χ2v) is 11.0. The topological polar surface area (TPSA) is 88.1 Å². The van der Waals surface area contributed by atoms with Gasteiger partial charge < -0.3 is 18.9 Å². The van der Waals surface area contributed by atoms with E-state index in [0.29, 0.717) is 54.9 Å². The number of carbonyl (C=O) groups is 3. The van der Waals surface area contributed by atoms with Gasteiger partial charge in [-0.05, 0) is 105 Å². The van der Waals surface area contributed by atoms with Gasteiger partial charge in [-0.3, -0.25) is 0 Å². The van der Waals surface area contributed by atoms with E-state index in [4.69, 9.17) is 14.2 Å². The average Bonchev–Trinajstić information content (AvgIpc) is 3.04. The largest absolute Gasteiger partial charge is 0.494 e. The summed E-state index contributed by atoms with van der Waals surface area (Å²) in [5.74, 6) is -2.07. The van der Waals surface area contributed by atoms with E-state index >= 15 is 0 Å². The highest BCUT2D eigenvalue weighted by Gasteiger charge is 2.40. The van der Waals surface area contributed by atoms with E-state index in [1.165, 1.54) is 12.8 Å². The van der Waals surface area contributed by atoms with Gasteiger partial charge in [0.15, 0.2) is 0 Å². The number of rotatable bonds is 18. The maximum absolute atomic E-state index is 12.6. The molecular formula is C36H41F3O7. The standard InChI is InChI=1S/C36H41F3O7/c1-3-4-5-8-11-26(2)45-33(40)29-14-12-27(13-15-29)28-16-22-32(23-17-28)46-34(41)30-18-20-31(21-19-30)43-24-9-6-7-10-25-44-35(42)36(37,38)39/h12-23,26H,3-11,24-25H2,1-2H3. The lowest BCUT2D eigenvalue weighted by Gasteiger charge is -2.13. The van der Waals surface area contributed by atoms with Gasteiger partial charge in [0.05, 0.1) is 30.4 Å². The van der Waals surface area contributed by atoms with E-state index in [0.717, 1.165) is 30.4 Å². The number of ether oxygens (including phenoxy) is 4. The zero-order chi connectivity index (χ0) is 33.4. The predicted molar refractivity (Wildman–Crippen MR) is 168 cm³/mol. The minimum atomic E-state index is -4.97. The first-order valence-corrected chi connectivity index (χ1v) is 15.7. The van der Waals surface area contributed by atoms with Gasteiger partial charge in [-0.15, -0.1) is 0 Å². The number of hydrogen-bond donors (Lipinski definition) is 0. The summed E-state index contributed by atoms with van der Waals surface area (Å²) in [6.07, 6.45) is 2.62. The Morgan fingerprint density at radius 2 is 1.17 bits per heavy atom. The first kappa shape index (κ1) is 36.1. The first-order chi connectivity index (χ1) is 22.1. The fourth-order valence-corrected chi connectivity index (χ4v) is 4.53. The number of unbranched alkanes of at least 4 members (excludes halogenated alkanes) is 6. The molecule has 0 spiro atoms. The minimum Gasteiger partial charge on any atom is -0.494 e. The summed E-state index contributed by atoms with van der Waals surface area (Å²) in [6, 6.07) is 20.8. The van der Waals surface area contributed by atoms with Crippen molar-refractivity contribution in [3.63, 3.8) is 0 Å². The van der Waals surface area contributed by atoms with Crippen LogP contribution in [0, 0.1) is 0 Å². The molecule has 1 unspecified atom stereocenters. The highest BCUT2D eigenvalue weighted by atomic mass is 19.4. The number of hydrogen-bond acceptors (Lipinski definition) is 7. The minimum absolute atomic E-state index is 0.123. The van der Waals surface area contributed by atoms with Gasteiger partial charge in [0, 0.05) is 0 Å².